The molecule has 2 aromatic carbocycles. The van der Waals surface area contributed by atoms with Crippen LogP contribution in [0.4, 0.5) is 5.95 Å². The summed E-state index contributed by atoms with van der Waals surface area (Å²) in [5.74, 6) is 2.44. The van der Waals surface area contributed by atoms with Crippen molar-refractivity contribution in [2.75, 3.05) is 12.5 Å². The van der Waals surface area contributed by atoms with Gasteiger partial charge in [0.05, 0.1) is 5.52 Å². The first kappa shape index (κ1) is 14.5. The lowest BCUT2D eigenvalue weighted by Gasteiger charge is -2.09. The molecule has 1 aliphatic heterocycles. The van der Waals surface area contributed by atoms with Crippen LogP contribution in [0.25, 0.3) is 16.6 Å². The molecule has 0 spiro atoms. The molecule has 3 heterocycles. The van der Waals surface area contributed by atoms with Gasteiger partial charge in [-0.3, -0.25) is 0 Å². The molecule has 0 amide bonds. The minimum Gasteiger partial charge on any atom is -0.454 e. The van der Waals surface area contributed by atoms with Gasteiger partial charge in [-0.2, -0.15) is 9.50 Å². The third kappa shape index (κ3) is 2.29. The van der Waals surface area contributed by atoms with Gasteiger partial charge in [-0.25, -0.2) is 4.98 Å². The van der Waals surface area contributed by atoms with E-state index >= 15 is 0 Å². The number of anilines is 1. The summed E-state index contributed by atoms with van der Waals surface area (Å²) in [6.45, 7) is 0.239. The van der Waals surface area contributed by atoms with Gasteiger partial charge in [0, 0.05) is 16.3 Å². The van der Waals surface area contributed by atoms with E-state index in [4.69, 9.17) is 20.2 Å². The van der Waals surface area contributed by atoms with Crippen LogP contribution >= 0.6 is 15.9 Å². The molecule has 0 atom stereocenters. The molecule has 2 N–H and O–H groups in total. The minimum absolute atomic E-state index is 0.226. The minimum atomic E-state index is 0.226. The maximum absolute atomic E-state index is 5.83. The summed E-state index contributed by atoms with van der Waals surface area (Å²) >= 11 is 3.59. The highest BCUT2D eigenvalue weighted by Gasteiger charge is 2.19. The zero-order valence-corrected chi connectivity index (χ0v) is 14.5. The monoisotopic (exact) mass is 397 g/mol. The number of nitrogens with two attached hydrogens (primary N) is 1. The maximum atomic E-state index is 5.83. The number of halogens is 1. The second kappa shape index (κ2) is 5.32. The van der Waals surface area contributed by atoms with Crippen LogP contribution in [0.5, 0.6) is 11.5 Å². The topological polar surface area (TPSA) is 87.6 Å². The molecule has 0 radical (unpaired) electrons. The molecule has 8 heteroatoms. The zero-order valence-electron chi connectivity index (χ0n) is 12.9. The van der Waals surface area contributed by atoms with Crippen molar-refractivity contribution in [2.24, 2.45) is 0 Å². The standard InChI is InChI=1S/C17H12BrN5O2/c18-11-7-14-13(24-8-25-14)5-9(11)6-15-20-12-4-2-1-3-10(12)16-21-17(19)22-23(15)16/h1-5,7H,6,8H2,(H2,19,22). The van der Waals surface area contributed by atoms with E-state index in [0.29, 0.717) is 12.1 Å². The second-order valence-corrected chi connectivity index (χ2v) is 6.58. The number of fused-ring (bicyclic) bond motifs is 4. The first-order chi connectivity index (χ1) is 12.2. The van der Waals surface area contributed by atoms with E-state index in [1.807, 2.05) is 36.4 Å². The average molecular weight is 398 g/mol. The molecular weight excluding hydrogens is 386 g/mol. The Kier molecular flexibility index (Phi) is 3.08. The van der Waals surface area contributed by atoms with Crippen molar-refractivity contribution in [3.63, 3.8) is 0 Å². The van der Waals surface area contributed by atoms with E-state index < -0.39 is 0 Å². The van der Waals surface area contributed by atoms with Crippen LogP contribution in [0.3, 0.4) is 0 Å². The Balaban J connectivity index is 1.70. The Morgan fingerprint density at radius 1 is 1.12 bits per heavy atom. The second-order valence-electron chi connectivity index (χ2n) is 5.72. The molecule has 124 valence electrons. The van der Waals surface area contributed by atoms with Crippen LogP contribution in [-0.2, 0) is 6.42 Å². The predicted molar refractivity (Wildman–Crippen MR) is 95.8 cm³/mol. The Hall–Kier alpha value is -2.87. The summed E-state index contributed by atoms with van der Waals surface area (Å²) in [6, 6.07) is 11.7. The lowest BCUT2D eigenvalue weighted by Crippen LogP contribution is -2.05. The van der Waals surface area contributed by atoms with Gasteiger partial charge >= 0.3 is 0 Å². The van der Waals surface area contributed by atoms with Gasteiger partial charge in [0.1, 0.15) is 5.82 Å². The molecule has 0 unspecified atom stereocenters. The SMILES string of the molecule is Nc1nc2c3ccccc3nc(Cc3cc4c(cc3Br)OCO4)n2n1. The average Bonchev–Trinajstić information content (AvgIpc) is 3.21. The first-order valence-corrected chi connectivity index (χ1v) is 8.46. The summed E-state index contributed by atoms with van der Waals surface area (Å²) in [6.07, 6.45) is 0.543. The number of nitrogens with zero attached hydrogens (tertiary/aromatic N) is 4. The molecule has 7 nitrogen and oxygen atoms in total. The van der Waals surface area contributed by atoms with Crippen LogP contribution in [0.1, 0.15) is 11.4 Å². The number of para-hydroxylation sites is 1. The van der Waals surface area contributed by atoms with Gasteiger partial charge < -0.3 is 15.2 Å². The van der Waals surface area contributed by atoms with Crippen molar-refractivity contribution in [3.05, 3.63) is 52.3 Å². The molecule has 25 heavy (non-hydrogen) atoms. The molecule has 0 bridgehead atoms. The van der Waals surface area contributed by atoms with E-state index in [1.54, 1.807) is 4.52 Å². The van der Waals surface area contributed by atoms with Crippen molar-refractivity contribution < 1.29 is 9.47 Å². The van der Waals surface area contributed by atoms with Crippen LogP contribution in [0.15, 0.2) is 40.9 Å². The van der Waals surface area contributed by atoms with Crippen LogP contribution in [-0.4, -0.2) is 26.4 Å². The highest BCUT2D eigenvalue weighted by Crippen LogP contribution is 2.37. The molecular formula is C17H12BrN5O2. The van der Waals surface area contributed by atoms with Gasteiger partial charge in [-0.05, 0) is 29.8 Å². The molecule has 4 aromatic rings. The summed E-state index contributed by atoms with van der Waals surface area (Å²) < 4.78 is 13.5. The fourth-order valence-corrected chi connectivity index (χ4v) is 3.47. The zero-order chi connectivity index (χ0) is 17.0. The van der Waals surface area contributed by atoms with Crippen LogP contribution in [0, 0.1) is 0 Å². The van der Waals surface area contributed by atoms with E-state index in [9.17, 15) is 0 Å². The van der Waals surface area contributed by atoms with E-state index in [-0.39, 0.29) is 12.7 Å². The number of nitrogen functional groups attached to an aromatic ring is 1. The number of benzene rings is 2. The molecule has 1 aliphatic rings. The van der Waals surface area contributed by atoms with Crippen molar-refractivity contribution >= 4 is 38.4 Å². The van der Waals surface area contributed by atoms with Crippen molar-refractivity contribution in [1.29, 1.82) is 0 Å². The number of ether oxygens (including phenoxy) is 2. The lowest BCUT2D eigenvalue weighted by molar-refractivity contribution is 0.174. The van der Waals surface area contributed by atoms with E-state index in [0.717, 1.165) is 38.3 Å². The van der Waals surface area contributed by atoms with Gasteiger partial charge in [0.25, 0.3) is 0 Å². The summed E-state index contributed by atoms with van der Waals surface area (Å²) in [5, 5.41) is 5.23. The summed E-state index contributed by atoms with van der Waals surface area (Å²) in [5.41, 5.74) is 8.41. The normalized spacial score (nSPS) is 13.0. The van der Waals surface area contributed by atoms with Crippen molar-refractivity contribution in [2.45, 2.75) is 6.42 Å². The quantitative estimate of drug-likeness (QED) is 0.559. The Labute approximate surface area is 150 Å². The van der Waals surface area contributed by atoms with Crippen molar-refractivity contribution in [3.8, 4) is 11.5 Å². The molecule has 0 saturated heterocycles. The lowest BCUT2D eigenvalue weighted by atomic mass is 10.1. The number of hydrogen-bond acceptors (Lipinski definition) is 6. The number of rotatable bonds is 2. The molecule has 5 rings (SSSR count). The fraction of sp³-hybridized carbons (Fsp3) is 0.118. The van der Waals surface area contributed by atoms with Gasteiger partial charge in [0.15, 0.2) is 17.1 Å². The highest BCUT2D eigenvalue weighted by atomic mass is 79.9. The van der Waals surface area contributed by atoms with Crippen LogP contribution < -0.4 is 15.2 Å². The first-order valence-electron chi connectivity index (χ1n) is 7.67. The highest BCUT2D eigenvalue weighted by molar-refractivity contribution is 9.10. The molecule has 0 aliphatic carbocycles. The van der Waals surface area contributed by atoms with E-state index in [2.05, 4.69) is 26.0 Å². The van der Waals surface area contributed by atoms with Gasteiger partial charge in [-0.15, -0.1) is 5.10 Å². The number of aromatic nitrogens is 4. The van der Waals surface area contributed by atoms with Gasteiger partial charge in [-0.1, -0.05) is 28.1 Å². The van der Waals surface area contributed by atoms with E-state index in [1.165, 1.54) is 0 Å². The Morgan fingerprint density at radius 3 is 2.80 bits per heavy atom. The smallest absolute Gasteiger partial charge is 0.240 e. The summed E-state index contributed by atoms with van der Waals surface area (Å²) in [4.78, 5) is 9.12. The Bertz CT molecular complexity index is 1140. The largest absolute Gasteiger partial charge is 0.454 e. The van der Waals surface area contributed by atoms with Crippen molar-refractivity contribution in [1.82, 2.24) is 19.6 Å². The van der Waals surface area contributed by atoms with Crippen LogP contribution in [0.2, 0.25) is 0 Å². The third-order valence-electron chi connectivity index (χ3n) is 4.15. The fourth-order valence-electron chi connectivity index (χ4n) is 3.01. The molecule has 2 aromatic heterocycles. The maximum Gasteiger partial charge on any atom is 0.240 e. The molecule has 0 saturated carbocycles. The summed E-state index contributed by atoms with van der Waals surface area (Å²) in [7, 11) is 0. The third-order valence-corrected chi connectivity index (χ3v) is 4.89. The number of hydrogen-bond donors (Lipinski definition) is 1. The predicted octanol–water partition coefficient (Wildman–Crippen LogP) is 2.94. The van der Waals surface area contributed by atoms with Gasteiger partial charge in [0.2, 0.25) is 12.7 Å². The molecule has 0 fully saturated rings. The Morgan fingerprint density at radius 2 is 1.92 bits per heavy atom.